The third kappa shape index (κ3) is 2.72. The summed E-state index contributed by atoms with van der Waals surface area (Å²) >= 11 is 0. The molecule has 0 atom stereocenters. The van der Waals surface area contributed by atoms with E-state index in [1.54, 1.807) is 0 Å². The molecule has 0 unspecified atom stereocenters. The van der Waals surface area contributed by atoms with Gasteiger partial charge in [0.15, 0.2) is 0 Å². The molecule has 4 aliphatic carbocycles. The molecule has 0 spiro atoms. The summed E-state index contributed by atoms with van der Waals surface area (Å²) in [5.74, 6) is 2.56. The molecule has 2 amide bonds. The third-order valence-electron chi connectivity index (χ3n) is 6.67. The molecule has 132 valence electrons. The zero-order valence-electron chi connectivity index (χ0n) is 15.2. The Hall–Kier alpha value is -1.52. The highest BCUT2D eigenvalue weighted by Crippen LogP contribution is 2.55. The van der Waals surface area contributed by atoms with Gasteiger partial charge in [-0.2, -0.15) is 5.10 Å². The molecule has 0 saturated heterocycles. The van der Waals surface area contributed by atoms with Crippen LogP contribution in [0.15, 0.2) is 6.20 Å². The molecule has 4 bridgehead atoms. The first-order chi connectivity index (χ1) is 11.5. The number of urea groups is 1. The minimum absolute atomic E-state index is 0.0839. The molecule has 0 aliphatic heterocycles. The number of aryl methyl sites for hydroxylation is 1. The van der Waals surface area contributed by atoms with Crippen LogP contribution in [-0.2, 0) is 13.1 Å². The lowest BCUT2D eigenvalue weighted by Crippen LogP contribution is -2.61. The van der Waals surface area contributed by atoms with E-state index >= 15 is 0 Å². The van der Waals surface area contributed by atoms with E-state index in [2.05, 4.69) is 24.3 Å². The Morgan fingerprint density at radius 2 is 1.88 bits per heavy atom. The first-order valence-corrected chi connectivity index (χ1v) is 9.52. The minimum Gasteiger partial charge on any atom is -0.333 e. The monoisotopic (exact) mass is 330 g/mol. The highest BCUT2D eigenvalue weighted by Gasteiger charge is 2.51. The zero-order valence-corrected chi connectivity index (χ0v) is 15.2. The van der Waals surface area contributed by atoms with E-state index in [-0.39, 0.29) is 11.6 Å². The summed E-state index contributed by atoms with van der Waals surface area (Å²) in [7, 11) is 1.90. The summed E-state index contributed by atoms with van der Waals surface area (Å²) in [5, 5.41) is 7.83. The SMILES string of the molecule is CCn1ncc(CN(C)C(=O)NC23CC4CC(CC(C4)C2)C3)c1C. The van der Waals surface area contributed by atoms with Crippen molar-refractivity contribution in [3.63, 3.8) is 0 Å². The summed E-state index contributed by atoms with van der Waals surface area (Å²) in [6, 6.07) is 0.0839. The predicted molar refractivity (Wildman–Crippen MR) is 93.5 cm³/mol. The molecule has 1 N–H and O–H groups in total. The standard InChI is InChI=1S/C19H30N4O/c1-4-23-13(2)17(11-20-23)12-22(3)18(24)21-19-8-14-5-15(9-19)7-16(6-14)10-19/h11,14-16H,4-10,12H2,1-3H3,(H,21,24). The van der Waals surface area contributed by atoms with E-state index < -0.39 is 0 Å². The fourth-order valence-corrected chi connectivity index (χ4v) is 5.87. The third-order valence-corrected chi connectivity index (χ3v) is 6.67. The topological polar surface area (TPSA) is 50.2 Å². The van der Waals surface area contributed by atoms with Crippen LogP contribution in [-0.4, -0.2) is 33.3 Å². The second-order valence-corrected chi connectivity index (χ2v) is 8.56. The Bertz CT molecular complexity index is 600. The minimum atomic E-state index is 0.0839. The van der Waals surface area contributed by atoms with Gasteiger partial charge in [0.05, 0.1) is 12.7 Å². The Morgan fingerprint density at radius 3 is 2.38 bits per heavy atom. The van der Waals surface area contributed by atoms with E-state index in [1.165, 1.54) is 38.5 Å². The summed E-state index contributed by atoms with van der Waals surface area (Å²) in [4.78, 5) is 14.6. The fourth-order valence-electron chi connectivity index (χ4n) is 5.87. The van der Waals surface area contributed by atoms with Gasteiger partial charge in [0.2, 0.25) is 0 Å². The van der Waals surface area contributed by atoms with Gasteiger partial charge in [0, 0.05) is 30.4 Å². The van der Waals surface area contributed by atoms with Gasteiger partial charge in [-0.15, -0.1) is 0 Å². The van der Waals surface area contributed by atoms with E-state index in [1.807, 2.05) is 22.8 Å². The maximum atomic E-state index is 12.8. The molecule has 4 aliphatic rings. The van der Waals surface area contributed by atoms with Gasteiger partial charge in [-0.05, 0) is 70.1 Å². The van der Waals surface area contributed by atoms with Gasteiger partial charge in [0.1, 0.15) is 0 Å². The van der Waals surface area contributed by atoms with Crippen molar-refractivity contribution in [3.8, 4) is 0 Å². The highest BCUT2D eigenvalue weighted by molar-refractivity contribution is 5.75. The Labute approximate surface area is 144 Å². The number of aromatic nitrogens is 2. The molecule has 4 saturated carbocycles. The average Bonchev–Trinajstić information content (AvgIpc) is 2.85. The second kappa shape index (κ2) is 5.78. The number of hydrogen-bond donors (Lipinski definition) is 1. The molecule has 5 rings (SSSR count). The molecule has 5 heteroatoms. The number of carbonyl (C=O) groups excluding carboxylic acids is 1. The van der Waals surface area contributed by atoms with Gasteiger partial charge in [-0.1, -0.05) is 0 Å². The molecule has 24 heavy (non-hydrogen) atoms. The van der Waals surface area contributed by atoms with Crippen molar-refractivity contribution in [2.45, 2.75) is 71.0 Å². The molecule has 0 aromatic carbocycles. The lowest BCUT2D eigenvalue weighted by atomic mass is 9.53. The van der Waals surface area contributed by atoms with Crippen LogP contribution < -0.4 is 5.32 Å². The number of hydrogen-bond acceptors (Lipinski definition) is 2. The first-order valence-electron chi connectivity index (χ1n) is 9.52. The van der Waals surface area contributed by atoms with Crippen LogP contribution in [0.5, 0.6) is 0 Å². The quantitative estimate of drug-likeness (QED) is 0.920. The summed E-state index contributed by atoms with van der Waals surface area (Å²) in [6.45, 7) is 5.67. The molecule has 1 aromatic rings. The van der Waals surface area contributed by atoms with Crippen molar-refractivity contribution >= 4 is 6.03 Å². The van der Waals surface area contributed by atoms with E-state index in [0.29, 0.717) is 6.54 Å². The van der Waals surface area contributed by atoms with E-state index in [9.17, 15) is 4.79 Å². The van der Waals surface area contributed by atoms with Crippen molar-refractivity contribution in [2.24, 2.45) is 17.8 Å². The lowest BCUT2D eigenvalue weighted by molar-refractivity contribution is -0.0154. The maximum Gasteiger partial charge on any atom is 0.317 e. The molecule has 1 aromatic heterocycles. The van der Waals surface area contributed by atoms with Crippen LogP contribution in [0.25, 0.3) is 0 Å². The normalized spacial score (nSPS) is 33.7. The van der Waals surface area contributed by atoms with Gasteiger partial charge in [0.25, 0.3) is 0 Å². The predicted octanol–water partition coefficient (Wildman–Crippen LogP) is 3.32. The fraction of sp³-hybridized carbons (Fsp3) is 0.789. The smallest absolute Gasteiger partial charge is 0.317 e. The first kappa shape index (κ1) is 16.0. The molecule has 1 heterocycles. The van der Waals surface area contributed by atoms with Gasteiger partial charge in [-0.3, -0.25) is 4.68 Å². The number of nitrogens with one attached hydrogen (secondary N) is 1. The summed E-state index contributed by atoms with van der Waals surface area (Å²) in [6.07, 6.45) is 9.70. The van der Waals surface area contributed by atoms with Crippen LogP contribution in [0.4, 0.5) is 4.79 Å². The molecular formula is C19H30N4O. The zero-order chi connectivity index (χ0) is 16.9. The van der Waals surface area contributed by atoms with Gasteiger partial charge < -0.3 is 10.2 Å². The Balaban J connectivity index is 1.41. The Morgan fingerprint density at radius 1 is 1.29 bits per heavy atom. The van der Waals surface area contributed by atoms with Crippen molar-refractivity contribution in [2.75, 3.05) is 7.05 Å². The van der Waals surface area contributed by atoms with Crippen LogP contribution in [0.2, 0.25) is 0 Å². The van der Waals surface area contributed by atoms with Crippen molar-refractivity contribution in [1.82, 2.24) is 20.0 Å². The number of nitrogens with zero attached hydrogens (tertiary/aromatic N) is 3. The van der Waals surface area contributed by atoms with Gasteiger partial charge >= 0.3 is 6.03 Å². The largest absolute Gasteiger partial charge is 0.333 e. The molecule has 0 radical (unpaired) electrons. The number of carbonyl (C=O) groups is 1. The maximum absolute atomic E-state index is 12.8. The average molecular weight is 330 g/mol. The summed E-state index contributed by atoms with van der Waals surface area (Å²) < 4.78 is 1.99. The summed E-state index contributed by atoms with van der Waals surface area (Å²) in [5.41, 5.74) is 2.38. The van der Waals surface area contributed by atoms with Crippen molar-refractivity contribution in [3.05, 3.63) is 17.5 Å². The lowest BCUT2D eigenvalue weighted by Gasteiger charge is -2.57. The number of rotatable bonds is 4. The van der Waals surface area contributed by atoms with Crippen LogP contribution in [0, 0.1) is 24.7 Å². The van der Waals surface area contributed by atoms with Gasteiger partial charge in [-0.25, -0.2) is 4.79 Å². The van der Waals surface area contributed by atoms with Crippen molar-refractivity contribution < 1.29 is 4.79 Å². The van der Waals surface area contributed by atoms with E-state index in [0.717, 1.165) is 35.6 Å². The molecule has 4 fully saturated rings. The highest BCUT2D eigenvalue weighted by atomic mass is 16.2. The van der Waals surface area contributed by atoms with Crippen LogP contribution in [0.1, 0.15) is 56.7 Å². The van der Waals surface area contributed by atoms with Crippen molar-refractivity contribution in [1.29, 1.82) is 0 Å². The second-order valence-electron chi connectivity index (χ2n) is 8.56. The van der Waals surface area contributed by atoms with Crippen LogP contribution >= 0.6 is 0 Å². The molecular weight excluding hydrogens is 300 g/mol. The Kier molecular flexibility index (Phi) is 3.85. The van der Waals surface area contributed by atoms with E-state index in [4.69, 9.17) is 0 Å². The number of amides is 2. The van der Waals surface area contributed by atoms with Crippen LogP contribution in [0.3, 0.4) is 0 Å². The molecule has 5 nitrogen and oxygen atoms in total.